The van der Waals surface area contributed by atoms with E-state index in [1.165, 1.54) is 12.3 Å². The number of carboxylic acid groups (broad SMARTS) is 1. The molecule has 2 aromatic heterocycles. The van der Waals surface area contributed by atoms with Crippen molar-refractivity contribution in [3.8, 4) is 0 Å². The molecule has 166 valence electrons. The summed E-state index contributed by atoms with van der Waals surface area (Å²) < 4.78 is 53.1. The minimum absolute atomic E-state index is 0.124. The summed E-state index contributed by atoms with van der Waals surface area (Å²) >= 11 is 0. The molecule has 3 N–H and O–H groups in total. The van der Waals surface area contributed by atoms with Crippen molar-refractivity contribution in [3.63, 3.8) is 0 Å². The van der Waals surface area contributed by atoms with E-state index in [0.717, 1.165) is 42.6 Å². The summed E-state index contributed by atoms with van der Waals surface area (Å²) in [7, 11) is 0. The number of aliphatic carboxylic acids is 1. The molecule has 0 saturated carbocycles. The largest absolute Gasteiger partial charge is 0.481 e. The number of aromatic nitrogens is 2. The first kappa shape index (κ1) is 22.7. The normalized spacial score (nSPS) is 12.2. The Balaban J connectivity index is 1.98. The standard InChI is InChI=1S/C21H15F4N3O4/c22-15-2-1-7-26-18(15)17(11-3-5-14(6-4-11)21(23,24)25)28-20(32)13-8-12(9-16(29)30)19(31)27-10-13/h1-8,10,17H,9H2,(H,27,31)(H,28,32)(H,29,30)/t17-/m0/s1. The molecular weight excluding hydrogens is 434 g/mol. The van der Waals surface area contributed by atoms with Crippen molar-refractivity contribution in [2.75, 3.05) is 0 Å². The Labute approximate surface area is 177 Å². The van der Waals surface area contributed by atoms with Crippen LogP contribution < -0.4 is 10.9 Å². The van der Waals surface area contributed by atoms with Crippen LogP contribution >= 0.6 is 0 Å². The van der Waals surface area contributed by atoms with E-state index in [4.69, 9.17) is 5.11 Å². The molecule has 1 atom stereocenters. The topological polar surface area (TPSA) is 112 Å². The Morgan fingerprint density at radius 3 is 2.44 bits per heavy atom. The highest BCUT2D eigenvalue weighted by molar-refractivity contribution is 5.94. The Kier molecular flexibility index (Phi) is 6.37. The molecule has 2 heterocycles. The summed E-state index contributed by atoms with van der Waals surface area (Å²) in [6.45, 7) is 0. The molecule has 0 fully saturated rings. The summed E-state index contributed by atoms with van der Waals surface area (Å²) in [5, 5.41) is 11.4. The van der Waals surface area contributed by atoms with Crippen molar-refractivity contribution in [3.05, 3.63) is 99.0 Å². The van der Waals surface area contributed by atoms with Gasteiger partial charge in [-0.1, -0.05) is 12.1 Å². The molecule has 3 rings (SSSR count). The van der Waals surface area contributed by atoms with Crippen molar-refractivity contribution in [2.45, 2.75) is 18.6 Å². The third-order valence-electron chi connectivity index (χ3n) is 4.49. The van der Waals surface area contributed by atoms with Crippen LogP contribution in [-0.2, 0) is 17.4 Å². The first-order valence-electron chi connectivity index (χ1n) is 9.08. The summed E-state index contributed by atoms with van der Waals surface area (Å²) in [5.41, 5.74) is -2.05. The second kappa shape index (κ2) is 9.00. The van der Waals surface area contributed by atoms with Crippen LogP contribution in [0.1, 0.15) is 38.8 Å². The SMILES string of the molecule is O=C(O)Cc1cc(C(=O)N[C@@H](c2ccc(C(F)(F)F)cc2)c2ncccc2F)c[nH]c1=O. The van der Waals surface area contributed by atoms with E-state index in [0.29, 0.717) is 0 Å². The third-order valence-corrected chi connectivity index (χ3v) is 4.49. The molecule has 7 nitrogen and oxygen atoms in total. The van der Waals surface area contributed by atoms with Crippen LogP contribution in [0.15, 0.2) is 59.7 Å². The average molecular weight is 449 g/mol. The van der Waals surface area contributed by atoms with E-state index < -0.39 is 47.5 Å². The van der Waals surface area contributed by atoms with E-state index in [9.17, 15) is 31.9 Å². The zero-order chi connectivity index (χ0) is 23.5. The Morgan fingerprint density at radius 2 is 1.84 bits per heavy atom. The maximum atomic E-state index is 14.4. The number of hydrogen-bond acceptors (Lipinski definition) is 4. The molecule has 0 aliphatic rings. The molecule has 3 aromatic rings. The van der Waals surface area contributed by atoms with Gasteiger partial charge in [0.05, 0.1) is 23.6 Å². The Hall–Kier alpha value is -4.02. The molecule has 0 aliphatic carbocycles. The third kappa shape index (κ3) is 5.17. The molecule has 0 aliphatic heterocycles. The second-order valence-electron chi connectivity index (χ2n) is 6.71. The van der Waals surface area contributed by atoms with Crippen LogP contribution in [0.3, 0.4) is 0 Å². The molecule has 32 heavy (non-hydrogen) atoms. The smallest absolute Gasteiger partial charge is 0.416 e. The number of carbonyl (C=O) groups excluding carboxylic acids is 1. The molecule has 0 bridgehead atoms. The van der Waals surface area contributed by atoms with E-state index >= 15 is 0 Å². The molecule has 1 aromatic carbocycles. The van der Waals surface area contributed by atoms with Gasteiger partial charge >= 0.3 is 12.1 Å². The number of hydrogen-bond donors (Lipinski definition) is 3. The monoisotopic (exact) mass is 449 g/mol. The first-order chi connectivity index (χ1) is 15.1. The number of rotatable bonds is 6. The number of nitrogens with zero attached hydrogens (tertiary/aromatic N) is 1. The predicted molar refractivity (Wildman–Crippen MR) is 103 cm³/mol. The van der Waals surface area contributed by atoms with Crippen LogP contribution in [0.4, 0.5) is 17.6 Å². The maximum absolute atomic E-state index is 14.4. The zero-order valence-corrected chi connectivity index (χ0v) is 16.1. The fourth-order valence-corrected chi connectivity index (χ4v) is 2.96. The Bertz CT molecular complexity index is 1210. The number of benzene rings is 1. The highest BCUT2D eigenvalue weighted by atomic mass is 19.4. The van der Waals surface area contributed by atoms with Crippen LogP contribution in [0.25, 0.3) is 0 Å². The fraction of sp³-hybridized carbons (Fsp3) is 0.143. The molecule has 1 amide bonds. The molecule has 0 saturated heterocycles. The van der Waals surface area contributed by atoms with Crippen molar-refractivity contribution in [2.24, 2.45) is 0 Å². The molecule has 0 spiro atoms. The van der Waals surface area contributed by atoms with Crippen molar-refractivity contribution >= 4 is 11.9 Å². The van der Waals surface area contributed by atoms with Gasteiger partial charge in [0.15, 0.2) is 0 Å². The van der Waals surface area contributed by atoms with Gasteiger partial charge in [-0.3, -0.25) is 19.4 Å². The highest BCUT2D eigenvalue weighted by Gasteiger charge is 2.31. The minimum Gasteiger partial charge on any atom is -0.481 e. The molecule has 11 heteroatoms. The number of alkyl halides is 3. The van der Waals surface area contributed by atoms with Gasteiger partial charge in [0, 0.05) is 18.0 Å². The van der Waals surface area contributed by atoms with E-state index in [-0.39, 0.29) is 22.4 Å². The lowest BCUT2D eigenvalue weighted by Crippen LogP contribution is -2.31. The van der Waals surface area contributed by atoms with E-state index in [1.807, 2.05) is 0 Å². The van der Waals surface area contributed by atoms with Gasteiger partial charge in [-0.05, 0) is 35.9 Å². The van der Waals surface area contributed by atoms with E-state index in [1.54, 1.807) is 0 Å². The molecular formula is C21H15F4N3O4. The minimum atomic E-state index is -4.58. The number of nitrogens with one attached hydrogen (secondary N) is 2. The quantitative estimate of drug-likeness (QED) is 0.501. The van der Waals surface area contributed by atoms with Crippen LogP contribution in [-0.4, -0.2) is 27.0 Å². The molecule has 0 unspecified atom stereocenters. The number of H-pyrrole nitrogens is 1. The number of halogens is 4. The van der Waals surface area contributed by atoms with E-state index in [2.05, 4.69) is 15.3 Å². The molecule has 0 radical (unpaired) electrons. The van der Waals surface area contributed by atoms with Crippen LogP contribution in [0, 0.1) is 5.82 Å². The van der Waals surface area contributed by atoms with Gasteiger partial charge in [-0.15, -0.1) is 0 Å². The lowest BCUT2D eigenvalue weighted by atomic mass is 10.00. The van der Waals surface area contributed by atoms with Gasteiger partial charge in [-0.25, -0.2) is 4.39 Å². The van der Waals surface area contributed by atoms with Crippen LogP contribution in [0.2, 0.25) is 0 Å². The van der Waals surface area contributed by atoms with Crippen molar-refractivity contribution < 1.29 is 32.3 Å². The van der Waals surface area contributed by atoms with Gasteiger partial charge < -0.3 is 15.4 Å². The summed E-state index contributed by atoms with van der Waals surface area (Å²) in [5.74, 6) is -2.92. The van der Waals surface area contributed by atoms with Crippen molar-refractivity contribution in [1.82, 2.24) is 15.3 Å². The highest BCUT2D eigenvalue weighted by Crippen LogP contribution is 2.31. The number of aromatic amines is 1. The Morgan fingerprint density at radius 1 is 1.16 bits per heavy atom. The summed E-state index contributed by atoms with van der Waals surface area (Å²) in [4.78, 5) is 41.6. The van der Waals surface area contributed by atoms with Gasteiger partial charge in [0.25, 0.3) is 11.5 Å². The van der Waals surface area contributed by atoms with Gasteiger partial charge in [0.2, 0.25) is 0 Å². The summed E-state index contributed by atoms with van der Waals surface area (Å²) in [6, 6.07) is 5.96. The fourth-order valence-electron chi connectivity index (χ4n) is 2.96. The number of carboxylic acids is 1. The summed E-state index contributed by atoms with van der Waals surface area (Å²) in [6.07, 6.45) is -2.91. The number of pyridine rings is 2. The maximum Gasteiger partial charge on any atom is 0.416 e. The average Bonchev–Trinajstić information content (AvgIpc) is 2.73. The second-order valence-corrected chi connectivity index (χ2v) is 6.71. The van der Waals surface area contributed by atoms with Crippen molar-refractivity contribution in [1.29, 1.82) is 0 Å². The first-order valence-corrected chi connectivity index (χ1v) is 9.08. The lowest BCUT2D eigenvalue weighted by Gasteiger charge is -2.20. The van der Waals surface area contributed by atoms with Gasteiger partial charge in [-0.2, -0.15) is 13.2 Å². The predicted octanol–water partition coefficient (Wildman–Crippen LogP) is 3.07. The lowest BCUT2D eigenvalue weighted by molar-refractivity contribution is -0.138. The number of carbonyl (C=O) groups is 2. The van der Waals surface area contributed by atoms with Crippen LogP contribution in [0.5, 0.6) is 0 Å². The number of amides is 1. The van der Waals surface area contributed by atoms with Gasteiger partial charge in [0.1, 0.15) is 11.5 Å². The zero-order valence-electron chi connectivity index (χ0n) is 16.1.